The minimum atomic E-state index is 0.0199. The first-order chi connectivity index (χ1) is 9.60. The molecule has 0 radical (unpaired) electrons. The molecule has 0 saturated heterocycles. The Morgan fingerprint density at radius 3 is 2.70 bits per heavy atom. The van der Waals surface area contributed by atoms with Gasteiger partial charge in [-0.2, -0.15) is 0 Å². The summed E-state index contributed by atoms with van der Waals surface area (Å²) in [7, 11) is 0. The van der Waals surface area contributed by atoms with Crippen LogP contribution in [0.15, 0.2) is 18.2 Å². The lowest BCUT2D eigenvalue weighted by molar-refractivity contribution is -0.116. The van der Waals surface area contributed by atoms with Gasteiger partial charge in [0.1, 0.15) is 5.75 Å². The van der Waals surface area contributed by atoms with Crippen LogP contribution in [0.5, 0.6) is 5.75 Å². The molecule has 1 unspecified atom stereocenters. The van der Waals surface area contributed by atoms with E-state index in [1.165, 1.54) is 0 Å². The number of anilines is 1. The monoisotopic (exact) mass is 278 g/mol. The second-order valence-corrected chi connectivity index (χ2v) is 4.93. The van der Waals surface area contributed by atoms with Gasteiger partial charge in [-0.1, -0.05) is 19.9 Å². The van der Waals surface area contributed by atoms with Crippen LogP contribution in [-0.4, -0.2) is 18.6 Å². The van der Waals surface area contributed by atoms with Crippen LogP contribution in [0.25, 0.3) is 0 Å². The summed E-state index contributed by atoms with van der Waals surface area (Å²) >= 11 is 0. The molecule has 0 spiro atoms. The normalized spacial score (nSPS) is 12.0. The summed E-state index contributed by atoms with van der Waals surface area (Å²) in [6, 6.07) is 6.03. The molecule has 4 nitrogen and oxygen atoms in total. The Morgan fingerprint density at radius 2 is 2.10 bits per heavy atom. The van der Waals surface area contributed by atoms with Crippen LogP contribution < -0.4 is 15.8 Å². The summed E-state index contributed by atoms with van der Waals surface area (Å²) in [6.07, 6.45) is 3.12. The third kappa shape index (κ3) is 5.21. The summed E-state index contributed by atoms with van der Waals surface area (Å²) in [6.45, 7) is 6.56. The Kier molecular flexibility index (Phi) is 7.09. The minimum absolute atomic E-state index is 0.0199. The maximum absolute atomic E-state index is 11.7. The van der Waals surface area contributed by atoms with Crippen molar-refractivity contribution in [3.8, 4) is 5.75 Å². The van der Waals surface area contributed by atoms with E-state index >= 15 is 0 Å². The van der Waals surface area contributed by atoms with E-state index in [4.69, 9.17) is 10.5 Å². The molecule has 0 bridgehead atoms. The topological polar surface area (TPSA) is 64.4 Å². The van der Waals surface area contributed by atoms with Crippen LogP contribution >= 0.6 is 0 Å². The van der Waals surface area contributed by atoms with E-state index in [1.54, 1.807) is 0 Å². The fourth-order valence-corrected chi connectivity index (χ4v) is 1.96. The van der Waals surface area contributed by atoms with Crippen LogP contribution in [0.4, 0.5) is 5.69 Å². The van der Waals surface area contributed by atoms with E-state index in [1.807, 2.05) is 32.0 Å². The van der Waals surface area contributed by atoms with Gasteiger partial charge < -0.3 is 15.8 Å². The van der Waals surface area contributed by atoms with E-state index in [2.05, 4.69) is 12.2 Å². The van der Waals surface area contributed by atoms with Crippen molar-refractivity contribution >= 4 is 11.6 Å². The summed E-state index contributed by atoms with van der Waals surface area (Å²) < 4.78 is 5.62. The molecule has 0 aliphatic heterocycles. The third-order valence-electron chi connectivity index (χ3n) is 3.12. The molecule has 0 heterocycles. The fourth-order valence-electron chi connectivity index (χ4n) is 1.96. The molecule has 0 fully saturated rings. The standard InChI is InChI=1S/C16H26N2O2/c1-4-7-16(19)18-14-9-8-12(10-13(17)5-2)11-15(14)20-6-3/h8-9,11,13H,4-7,10,17H2,1-3H3,(H,18,19). The quantitative estimate of drug-likeness (QED) is 0.768. The van der Waals surface area contributed by atoms with Crippen molar-refractivity contribution in [1.82, 2.24) is 0 Å². The van der Waals surface area contributed by atoms with Crippen LogP contribution in [0.1, 0.15) is 45.6 Å². The summed E-state index contributed by atoms with van der Waals surface area (Å²) in [4.78, 5) is 11.7. The second-order valence-electron chi connectivity index (χ2n) is 4.93. The van der Waals surface area contributed by atoms with E-state index in [0.29, 0.717) is 13.0 Å². The van der Waals surface area contributed by atoms with Crippen molar-refractivity contribution in [2.75, 3.05) is 11.9 Å². The van der Waals surface area contributed by atoms with Gasteiger partial charge in [0.25, 0.3) is 0 Å². The van der Waals surface area contributed by atoms with Gasteiger partial charge in [-0.05, 0) is 43.9 Å². The Morgan fingerprint density at radius 1 is 1.35 bits per heavy atom. The van der Waals surface area contributed by atoms with Crippen molar-refractivity contribution < 1.29 is 9.53 Å². The molecule has 4 heteroatoms. The molecule has 1 aromatic rings. The molecular formula is C16H26N2O2. The molecule has 1 aromatic carbocycles. The first kappa shape index (κ1) is 16.5. The van der Waals surface area contributed by atoms with Crippen LogP contribution in [-0.2, 0) is 11.2 Å². The zero-order valence-corrected chi connectivity index (χ0v) is 12.7. The largest absolute Gasteiger partial charge is 0.492 e. The van der Waals surface area contributed by atoms with E-state index < -0.39 is 0 Å². The molecule has 0 aliphatic rings. The fraction of sp³-hybridized carbons (Fsp3) is 0.562. The predicted octanol–water partition coefficient (Wildman–Crippen LogP) is 3.10. The number of hydrogen-bond donors (Lipinski definition) is 2. The number of ether oxygens (including phenoxy) is 1. The highest BCUT2D eigenvalue weighted by Crippen LogP contribution is 2.27. The molecule has 1 rings (SSSR count). The number of nitrogens with two attached hydrogens (primary N) is 1. The van der Waals surface area contributed by atoms with Crippen LogP contribution in [0, 0.1) is 0 Å². The maximum Gasteiger partial charge on any atom is 0.224 e. The highest BCUT2D eigenvalue weighted by molar-refractivity contribution is 5.92. The molecule has 1 atom stereocenters. The van der Waals surface area contributed by atoms with Crippen LogP contribution in [0.3, 0.4) is 0 Å². The molecule has 0 aromatic heterocycles. The lowest BCUT2D eigenvalue weighted by Crippen LogP contribution is -2.21. The number of hydrogen-bond acceptors (Lipinski definition) is 3. The second kappa shape index (κ2) is 8.59. The molecule has 20 heavy (non-hydrogen) atoms. The summed E-state index contributed by atoms with van der Waals surface area (Å²) in [5.41, 5.74) is 7.85. The average molecular weight is 278 g/mol. The van der Waals surface area contributed by atoms with Crippen molar-refractivity contribution in [3.05, 3.63) is 23.8 Å². The third-order valence-corrected chi connectivity index (χ3v) is 3.12. The average Bonchev–Trinajstić information content (AvgIpc) is 2.42. The lowest BCUT2D eigenvalue weighted by atomic mass is 10.0. The first-order valence-corrected chi connectivity index (χ1v) is 7.41. The Balaban J connectivity index is 2.86. The maximum atomic E-state index is 11.7. The number of carbonyl (C=O) groups excluding carboxylic acids is 1. The number of rotatable bonds is 8. The van der Waals surface area contributed by atoms with Crippen molar-refractivity contribution in [3.63, 3.8) is 0 Å². The van der Waals surface area contributed by atoms with E-state index in [9.17, 15) is 4.79 Å². The van der Waals surface area contributed by atoms with Gasteiger partial charge >= 0.3 is 0 Å². The molecule has 0 aliphatic carbocycles. The molecule has 3 N–H and O–H groups in total. The lowest BCUT2D eigenvalue weighted by Gasteiger charge is -2.14. The predicted molar refractivity (Wildman–Crippen MR) is 83.1 cm³/mol. The number of amides is 1. The molecule has 112 valence electrons. The Hall–Kier alpha value is -1.55. The number of benzene rings is 1. The molecule has 0 saturated carbocycles. The highest BCUT2D eigenvalue weighted by atomic mass is 16.5. The molecule has 1 amide bonds. The Labute approximate surface area is 121 Å². The number of carbonyl (C=O) groups is 1. The van der Waals surface area contributed by atoms with E-state index in [-0.39, 0.29) is 11.9 Å². The van der Waals surface area contributed by atoms with Gasteiger partial charge in [0.15, 0.2) is 0 Å². The SMILES string of the molecule is CCCC(=O)Nc1ccc(CC(N)CC)cc1OCC. The summed E-state index contributed by atoms with van der Waals surface area (Å²) in [5.74, 6) is 0.740. The van der Waals surface area contributed by atoms with Gasteiger partial charge in [-0.25, -0.2) is 0 Å². The minimum Gasteiger partial charge on any atom is -0.492 e. The zero-order chi connectivity index (χ0) is 15.0. The Bertz CT molecular complexity index is 432. The number of nitrogens with one attached hydrogen (secondary N) is 1. The molecular weight excluding hydrogens is 252 g/mol. The van der Waals surface area contributed by atoms with Crippen molar-refractivity contribution in [2.45, 2.75) is 52.5 Å². The van der Waals surface area contributed by atoms with Gasteiger partial charge in [0.2, 0.25) is 5.91 Å². The highest BCUT2D eigenvalue weighted by Gasteiger charge is 2.10. The smallest absolute Gasteiger partial charge is 0.224 e. The summed E-state index contributed by atoms with van der Waals surface area (Å²) in [5, 5.41) is 2.90. The van der Waals surface area contributed by atoms with Gasteiger partial charge in [0, 0.05) is 12.5 Å². The van der Waals surface area contributed by atoms with Crippen molar-refractivity contribution in [2.24, 2.45) is 5.73 Å². The van der Waals surface area contributed by atoms with Crippen molar-refractivity contribution in [1.29, 1.82) is 0 Å². The van der Waals surface area contributed by atoms with Gasteiger partial charge in [0.05, 0.1) is 12.3 Å². The first-order valence-electron chi connectivity index (χ1n) is 7.41. The zero-order valence-electron chi connectivity index (χ0n) is 12.7. The van der Waals surface area contributed by atoms with Gasteiger partial charge in [-0.15, -0.1) is 0 Å². The van der Waals surface area contributed by atoms with Crippen LogP contribution in [0.2, 0.25) is 0 Å². The van der Waals surface area contributed by atoms with Gasteiger partial charge in [-0.3, -0.25) is 4.79 Å². The van der Waals surface area contributed by atoms with E-state index in [0.717, 1.165) is 36.3 Å².